The van der Waals surface area contributed by atoms with Crippen molar-refractivity contribution >= 4 is 17.5 Å². The number of nitrogens with one attached hydrogen (secondary N) is 1. The van der Waals surface area contributed by atoms with Crippen molar-refractivity contribution in [2.24, 2.45) is 0 Å². The van der Waals surface area contributed by atoms with Crippen molar-refractivity contribution in [2.45, 2.75) is 31.1 Å². The standard InChI is InChI=1S/C17H17FN4O3/c18-11-1-2-12-13(8-15(23)20-14(12)7-11)17(24)22-5-3-10(4-6-22)16-19-9-25-21-16/h1-2,7,9-10,13H,3-6,8H2,(H,20,23)/t13-/m0/s1. The molecule has 2 aliphatic rings. The van der Waals surface area contributed by atoms with Crippen LogP contribution in [0.25, 0.3) is 0 Å². The quantitative estimate of drug-likeness (QED) is 0.901. The minimum absolute atomic E-state index is 0.0856. The molecule has 0 spiro atoms. The average Bonchev–Trinajstić information content (AvgIpc) is 3.15. The number of rotatable bonds is 2. The maximum Gasteiger partial charge on any atom is 0.230 e. The largest absolute Gasteiger partial charge is 0.343 e. The van der Waals surface area contributed by atoms with Gasteiger partial charge in [-0.25, -0.2) is 4.39 Å². The van der Waals surface area contributed by atoms with E-state index in [0.717, 1.165) is 12.8 Å². The molecule has 0 bridgehead atoms. The van der Waals surface area contributed by atoms with Gasteiger partial charge in [0.25, 0.3) is 0 Å². The number of carbonyl (C=O) groups is 2. The molecule has 25 heavy (non-hydrogen) atoms. The fraction of sp³-hybridized carbons (Fsp3) is 0.412. The van der Waals surface area contributed by atoms with Crippen LogP contribution in [0.5, 0.6) is 0 Å². The number of halogens is 1. The Morgan fingerprint density at radius 1 is 1.32 bits per heavy atom. The Labute approximate surface area is 143 Å². The summed E-state index contributed by atoms with van der Waals surface area (Å²) in [6.45, 7) is 1.15. The van der Waals surface area contributed by atoms with Gasteiger partial charge in [-0.15, -0.1) is 0 Å². The van der Waals surface area contributed by atoms with E-state index < -0.39 is 11.7 Å². The topological polar surface area (TPSA) is 88.3 Å². The number of hydrogen-bond acceptors (Lipinski definition) is 5. The Bertz CT molecular complexity index is 800. The molecule has 2 aliphatic heterocycles. The Balaban J connectivity index is 1.49. The second kappa shape index (κ2) is 6.27. The number of aromatic nitrogens is 2. The summed E-state index contributed by atoms with van der Waals surface area (Å²) in [7, 11) is 0. The second-order valence-electron chi connectivity index (χ2n) is 6.43. The van der Waals surface area contributed by atoms with Gasteiger partial charge in [0.15, 0.2) is 5.82 Å². The van der Waals surface area contributed by atoms with Crippen LogP contribution in [0, 0.1) is 5.82 Å². The second-order valence-corrected chi connectivity index (χ2v) is 6.43. The summed E-state index contributed by atoms with van der Waals surface area (Å²) in [6.07, 6.45) is 2.90. The third-order valence-corrected chi connectivity index (χ3v) is 4.90. The third-order valence-electron chi connectivity index (χ3n) is 4.90. The molecule has 1 fully saturated rings. The van der Waals surface area contributed by atoms with Crippen LogP contribution in [0.2, 0.25) is 0 Å². The number of benzene rings is 1. The van der Waals surface area contributed by atoms with E-state index in [-0.39, 0.29) is 24.2 Å². The molecule has 1 aromatic carbocycles. The van der Waals surface area contributed by atoms with Crippen LogP contribution in [0.3, 0.4) is 0 Å². The molecule has 1 atom stereocenters. The Hall–Kier alpha value is -2.77. The van der Waals surface area contributed by atoms with Crippen LogP contribution in [-0.2, 0) is 9.59 Å². The van der Waals surface area contributed by atoms with Crippen LogP contribution in [0.4, 0.5) is 10.1 Å². The average molecular weight is 344 g/mol. The van der Waals surface area contributed by atoms with E-state index in [1.54, 1.807) is 11.0 Å². The van der Waals surface area contributed by atoms with Gasteiger partial charge in [-0.05, 0) is 30.5 Å². The van der Waals surface area contributed by atoms with Gasteiger partial charge in [-0.2, -0.15) is 4.98 Å². The molecule has 0 saturated carbocycles. The molecule has 1 aromatic heterocycles. The number of fused-ring (bicyclic) bond motifs is 1. The Morgan fingerprint density at radius 2 is 2.12 bits per heavy atom. The van der Waals surface area contributed by atoms with E-state index in [9.17, 15) is 14.0 Å². The summed E-state index contributed by atoms with van der Waals surface area (Å²) in [5.41, 5.74) is 1.06. The number of hydrogen-bond donors (Lipinski definition) is 1. The summed E-state index contributed by atoms with van der Waals surface area (Å²) in [4.78, 5) is 30.7. The fourth-order valence-electron chi connectivity index (χ4n) is 3.59. The molecule has 0 radical (unpaired) electrons. The first-order valence-corrected chi connectivity index (χ1v) is 8.26. The van der Waals surface area contributed by atoms with Crippen molar-refractivity contribution in [3.05, 3.63) is 41.8 Å². The molecule has 0 unspecified atom stereocenters. The minimum atomic E-state index is -0.564. The van der Waals surface area contributed by atoms with Crippen molar-refractivity contribution in [1.29, 1.82) is 0 Å². The van der Waals surface area contributed by atoms with Crippen LogP contribution in [0.15, 0.2) is 29.1 Å². The Kier molecular flexibility index (Phi) is 3.95. The van der Waals surface area contributed by atoms with Gasteiger partial charge in [0.05, 0.1) is 5.92 Å². The maximum absolute atomic E-state index is 13.4. The zero-order valence-electron chi connectivity index (χ0n) is 13.4. The van der Waals surface area contributed by atoms with Crippen LogP contribution >= 0.6 is 0 Å². The molecule has 4 rings (SSSR count). The summed E-state index contributed by atoms with van der Waals surface area (Å²) in [6, 6.07) is 4.16. The highest BCUT2D eigenvalue weighted by Gasteiger charge is 2.35. The first-order valence-electron chi connectivity index (χ1n) is 8.26. The van der Waals surface area contributed by atoms with Gasteiger partial charge in [0.2, 0.25) is 18.2 Å². The molecular formula is C17H17FN4O3. The van der Waals surface area contributed by atoms with E-state index in [1.807, 2.05) is 0 Å². The van der Waals surface area contributed by atoms with Crippen LogP contribution < -0.4 is 5.32 Å². The minimum Gasteiger partial charge on any atom is -0.343 e. The molecule has 0 aliphatic carbocycles. The van der Waals surface area contributed by atoms with E-state index in [0.29, 0.717) is 30.2 Å². The van der Waals surface area contributed by atoms with Gasteiger partial charge < -0.3 is 14.7 Å². The Morgan fingerprint density at radius 3 is 2.84 bits per heavy atom. The molecule has 130 valence electrons. The van der Waals surface area contributed by atoms with Gasteiger partial charge in [0, 0.05) is 31.1 Å². The molecule has 1 N–H and O–H groups in total. The number of piperidine rings is 1. The monoisotopic (exact) mass is 344 g/mol. The van der Waals surface area contributed by atoms with Crippen molar-refractivity contribution in [3.8, 4) is 0 Å². The highest BCUT2D eigenvalue weighted by atomic mass is 19.1. The lowest BCUT2D eigenvalue weighted by Gasteiger charge is -2.34. The highest BCUT2D eigenvalue weighted by Crippen LogP contribution is 2.35. The number of anilines is 1. The van der Waals surface area contributed by atoms with Gasteiger partial charge in [0.1, 0.15) is 5.82 Å². The van der Waals surface area contributed by atoms with Crippen LogP contribution in [-0.4, -0.2) is 39.9 Å². The first-order chi connectivity index (χ1) is 12.1. The maximum atomic E-state index is 13.4. The molecule has 3 heterocycles. The third kappa shape index (κ3) is 2.99. The number of nitrogens with zero attached hydrogens (tertiary/aromatic N) is 3. The normalized spacial score (nSPS) is 20.9. The molecule has 7 nitrogen and oxygen atoms in total. The zero-order chi connectivity index (χ0) is 17.4. The highest BCUT2D eigenvalue weighted by molar-refractivity contribution is 6.01. The smallest absolute Gasteiger partial charge is 0.230 e. The lowest BCUT2D eigenvalue weighted by Crippen LogP contribution is -2.42. The van der Waals surface area contributed by atoms with Crippen molar-refractivity contribution in [2.75, 3.05) is 18.4 Å². The number of amides is 2. The molecule has 2 aromatic rings. The van der Waals surface area contributed by atoms with Gasteiger partial charge >= 0.3 is 0 Å². The van der Waals surface area contributed by atoms with Gasteiger partial charge in [-0.3, -0.25) is 9.59 Å². The van der Waals surface area contributed by atoms with Crippen molar-refractivity contribution < 1.29 is 18.5 Å². The fourth-order valence-corrected chi connectivity index (χ4v) is 3.59. The summed E-state index contributed by atoms with van der Waals surface area (Å²) in [5, 5.41) is 6.51. The lowest BCUT2D eigenvalue weighted by atomic mass is 9.88. The summed E-state index contributed by atoms with van der Waals surface area (Å²) in [5.74, 6) is -0.504. The predicted octanol–water partition coefficient (Wildman–Crippen LogP) is 2.04. The SMILES string of the molecule is O=C1C[C@H](C(=O)N2CCC(c3ncon3)CC2)c2ccc(F)cc2N1. The molecule has 8 heteroatoms. The van der Waals surface area contributed by atoms with E-state index in [1.165, 1.54) is 18.5 Å². The number of carbonyl (C=O) groups excluding carboxylic acids is 2. The molecule has 2 amide bonds. The summed E-state index contributed by atoms with van der Waals surface area (Å²) >= 11 is 0. The van der Waals surface area contributed by atoms with Crippen LogP contribution in [0.1, 0.15) is 42.5 Å². The first kappa shape index (κ1) is 15.7. The van der Waals surface area contributed by atoms with Crippen molar-refractivity contribution in [1.82, 2.24) is 15.0 Å². The molecule has 1 saturated heterocycles. The van der Waals surface area contributed by atoms with Gasteiger partial charge in [-0.1, -0.05) is 11.2 Å². The van der Waals surface area contributed by atoms with E-state index >= 15 is 0 Å². The van der Waals surface area contributed by atoms with E-state index in [2.05, 4.69) is 15.5 Å². The summed E-state index contributed by atoms with van der Waals surface area (Å²) < 4.78 is 18.2. The van der Waals surface area contributed by atoms with E-state index in [4.69, 9.17) is 4.52 Å². The zero-order valence-corrected chi connectivity index (χ0v) is 13.4. The lowest BCUT2D eigenvalue weighted by molar-refractivity contribution is -0.136. The van der Waals surface area contributed by atoms with Crippen molar-refractivity contribution in [3.63, 3.8) is 0 Å². The predicted molar refractivity (Wildman–Crippen MR) is 85.2 cm³/mol. The number of likely N-dealkylation sites (tertiary alicyclic amines) is 1. The molecular weight excluding hydrogens is 327 g/mol.